The maximum Gasteiger partial charge on any atom is 0.264 e. The van der Waals surface area contributed by atoms with Gasteiger partial charge in [-0.15, -0.1) is 5.10 Å². The minimum atomic E-state index is -2.52. The first kappa shape index (κ1) is 17.1. The molecule has 3 heterocycles. The second-order valence-corrected chi connectivity index (χ2v) is 6.38. The van der Waals surface area contributed by atoms with Gasteiger partial charge < -0.3 is 10.3 Å². The molecule has 1 N–H and O–H groups in total. The molecule has 2 aromatic rings. The van der Waals surface area contributed by atoms with E-state index in [4.69, 9.17) is 0 Å². The smallest absolute Gasteiger partial charge is 0.264 e. The Labute approximate surface area is 154 Å². The third-order valence-corrected chi connectivity index (χ3v) is 4.81. The zero-order chi connectivity index (χ0) is 18.8. The lowest BCUT2D eigenvalue weighted by Gasteiger charge is -2.30. The minimum Gasteiger partial charge on any atom is -0.363 e. The second kappa shape index (κ2) is 7.15. The maximum absolute atomic E-state index is 13.2. The molecule has 4 rings (SSSR count). The Balaban J connectivity index is 1.57. The number of hydrogen-bond acceptors (Lipinski definition) is 6. The van der Waals surface area contributed by atoms with Gasteiger partial charge in [0, 0.05) is 18.5 Å². The van der Waals surface area contributed by atoms with Gasteiger partial charge in [0.05, 0.1) is 48.9 Å². The van der Waals surface area contributed by atoms with E-state index in [1.54, 1.807) is 29.1 Å². The van der Waals surface area contributed by atoms with Crippen molar-refractivity contribution in [2.24, 2.45) is 5.10 Å². The molecule has 0 unspecified atom stereocenters. The lowest BCUT2D eigenvalue weighted by Crippen LogP contribution is -2.35. The highest BCUT2D eigenvalue weighted by atomic mass is 19.3. The maximum atomic E-state index is 13.2. The first-order chi connectivity index (χ1) is 13.2. The van der Waals surface area contributed by atoms with E-state index in [2.05, 4.69) is 31.8 Å². The molecule has 27 heavy (non-hydrogen) atoms. The van der Waals surface area contributed by atoms with Crippen LogP contribution in [0.15, 0.2) is 40.6 Å². The predicted molar refractivity (Wildman–Crippen MR) is 93.8 cm³/mol. The molecule has 0 aliphatic carbocycles. The molecule has 7 nitrogen and oxygen atoms in total. The molecule has 0 amide bonds. The SMILES string of the molecule is N#CC1=C(N2CCc3c(nnn3Cc3ccccc3C(F)F)C2)C=NNC1. The van der Waals surface area contributed by atoms with Crippen LogP contribution in [-0.2, 0) is 19.5 Å². The fourth-order valence-electron chi connectivity index (χ4n) is 3.42. The number of nitriles is 1. The summed E-state index contributed by atoms with van der Waals surface area (Å²) < 4.78 is 28.1. The fraction of sp³-hybridized carbons (Fsp3) is 0.333. The number of hydrogen-bond donors (Lipinski definition) is 1. The summed E-state index contributed by atoms with van der Waals surface area (Å²) in [6.07, 6.45) is -0.203. The molecule has 0 radical (unpaired) electrons. The van der Waals surface area contributed by atoms with Crippen LogP contribution in [-0.4, -0.2) is 39.2 Å². The Kier molecular flexibility index (Phi) is 4.54. The van der Waals surface area contributed by atoms with Gasteiger partial charge in [-0.05, 0) is 5.56 Å². The molecule has 9 heteroatoms. The Hall–Kier alpha value is -3.28. The Morgan fingerprint density at radius 2 is 2.15 bits per heavy atom. The molecule has 0 fully saturated rings. The van der Waals surface area contributed by atoms with E-state index in [1.165, 1.54) is 6.07 Å². The summed E-state index contributed by atoms with van der Waals surface area (Å²) in [5.74, 6) is 0. The molecule has 2 aliphatic rings. The first-order valence-corrected chi connectivity index (χ1v) is 8.58. The number of nitrogens with zero attached hydrogens (tertiary/aromatic N) is 6. The Morgan fingerprint density at radius 1 is 1.30 bits per heavy atom. The Bertz CT molecular complexity index is 955. The molecule has 0 saturated heterocycles. The molecular formula is C18H17F2N7. The molecule has 1 aromatic carbocycles. The van der Waals surface area contributed by atoms with Crippen molar-refractivity contribution < 1.29 is 8.78 Å². The third-order valence-electron chi connectivity index (χ3n) is 4.81. The van der Waals surface area contributed by atoms with Crippen LogP contribution in [0.3, 0.4) is 0 Å². The van der Waals surface area contributed by atoms with Crippen LogP contribution in [0.1, 0.15) is 28.9 Å². The van der Waals surface area contributed by atoms with E-state index in [0.717, 1.165) is 17.1 Å². The number of alkyl halides is 2. The van der Waals surface area contributed by atoms with Crippen molar-refractivity contribution >= 4 is 6.21 Å². The van der Waals surface area contributed by atoms with Crippen molar-refractivity contribution in [2.45, 2.75) is 25.9 Å². The van der Waals surface area contributed by atoms with Gasteiger partial charge in [-0.2, -0.15) is 10.4 Å². The quantitative estimate of drug-likeness (QED) is 0.891. The van der Waals surface area contributed by atoms with Crippen LogP contribution in [0.25, 0.3) is 0 Å². The topological polar surface area (TPSA) is 82.1 Å². The molecule has 0 bridgehead atoms. The first-order valence-electron chi connectivity index (χ1n) is 8.58. The summed E-state index contributed by atoms with van der Waals surface area (Å²) in [5.41, 5.74) is 6.52. The predicted octanol–water partition coefficient (Wildman–Crippen LogP) is 1.99. The standard InChI is InChI=1S/C18H17F2N7/c19-18(20)14-4-2-1-3-12(14)10-27-16-5-6-26(11-15(16)24-25-27)17-9-23-22-8-13(17)7-21/h1-4,9,18,22H,5-6,8,10-11H2. The van der Waals surface area contributed by atoms with Crippen molar-refractivity contribution in [3.05, 3.63) is 58.1 Å². The summed E-state index contributed by atoms with van der Waals surface area (Å²) in [6, 6.07) is 8.70. The van der Waals surface area contributed by atoms with Gasteiger partial charge in [0.2, 0.25) is 0 Å². The van der Waals surface area contributed by atoms with Crippen molar-refractivity contribution in [3.63, 3.8) is 0 Å². The number of hydrazone groups is 1. The van der Waals surface area contributed by atoms with Crippen molar-refractivity contribution in [1.82, 2.24) is 25.3 Å². The summed E-state index contributed by atoms with van der Waals surface area (Å²) in [6.45, 7) is 1.87. The van der Waals surface area contributed by atoms with Crippen LogP contribution >= 0.6 is 0 Å². The normalized spacial score (nSPS) is 16.3. The molecule has 0 saturated carbocycles. The highest BCUT2D eigenvalue weighted by Crippen LogP contribution is 2.26. The summed E-state index contributed by atoms with van der Waals surface area (Å²) in [7, 11) is 0. The molecule has 0 atom stereocenters. The molecule has 2 aliphatic heterocycles. The zero-order valence-electron chi connectivity index (χ0n) is 14.4. The average molecular weight is 369 g/mol. The molecular weight excluding hydrogens is 352 g/mol. The van der Waals surface area contributed by atoms with E-state index >= 15 is 0 Å². The summed E-state index contributed by atoms with van der Waals surface area (Å²) in [5, 5.41) is 21.8. The van der Waals surface area contributed by atoms with Gasteiger partial charge in [0.25, 0.3) is 6.43 Å². The average Bonchev–Trinajstić information content (AvgIpc) is 3.10. The number of nitrogens with one attached hydrogen (secondary N) is 1. The molecule has 0 spiro atoms. The number of aromatic nitrogens is 3. The highest BCUT2D eigenvalue weighted by Gasteiger charge is 2.26. The fourth-order valence-corrected chi connectivity index (χ4v) is 3.42. The van der Waals surface area contributed by atoms with Crippen molar-refractivity contribution in [2.75, 3.05) is 13.1 Å². The van der Waals surface area contributed by atoms with E-state index in [1.807, 2.05) is 0 Å². The molecule has 1 aromatic heterocycles. The van der Waals surface area contributed by atoms with Crippen molar-refractivity contribution in [3.8, 4) is 6.07 Å². The van der Waals surface area contributed by atoms with E-state index in [-0.39, 0.29) is 12.1 Å². The highest BCUT2D eigenvalue weighted by molar-refractivity contribution is 5.81. The van der Waals surface area contributed by atoms with Gasteiger partial charge in [-0.25, -0.2) is 13.5 Å². The van der Waals surface area contributed by atoms with Gasteiger partial charge in [-0.3, -0.25) is 0 Å². The number of halogens is 2. The number of fused-ring (bicyclic) bond motifs is 1. The molecule has 138 valence electrons. The van der Waals surface area contributed by atoms with Crippen LogP contribution in [0.5, 0.6) is 0 Å². The summed E-state index contributed by atoms with van der Waals surface area (Å²) in [4.78, 5) is 2.05. The van der Waals surface area contributed by atoms with Crippen LogP contribution in [0, 0.1) is 11.3 Å². The largest absolute Gasteiger partial charge is 0.363 e. The lowest BCUT2D eigenvalue weighted by molar-refractivity contribution is 0.150. The van der Waals surface area contributed by atoms with E-state index < -0.39 is 6.43 Å². The minimum absolute atomic E-state index is 0.0221. The number of benzene rings is 1. The Morgan fingerprint density at radius 3 is 2.96 bits per heavy atom. The van der Waals surface area contributed by atoms with E-state index in [9.17, 15) is 14.0 Å². The van der Waals surface area contributed by atoms with E-state index in [0.29, 0.717) is 37.2 Å². The number of rotatable bonds is 4. The van der Waals surface area contributed by atoms with Gasteiger partial charge in [0.15, 0.2) is 0 Å². The van der Waals surface area contributed by atoms with Crippen LogP contribution in [0.2, 0.25) is 0 Å². The lowest BCUT2D eigenvalue weighted by atomic mass is 10.1. The van der Waals surface area contributed by atoms with Gasteiger partial charge >= 0.3 is 0 Å². The summed E-state index contributed by atoms with van der Waals surface area (Å²) >= 11 is 0. The van der Waals surface area contributed by atoms with Crippen LogP contribution < -0.4 is 5.43 Å². The van der Waals surface area contributed by atoms with Gasteiger partial charge in [0.1, 0.15) is 5.69 Å². The monoisotopic (exact) mass is 369 g/mol. The van der Waals surface area contributed by atoms with Crippen LogP contribution in [0.4, 0.5) is 8.78 Å². The second-order valence-electron chi connectivity index (χ2n) is 6.38. The third kappa shape index (κ3) is 3.26. The van der Waals surface area contributed by atoms with Crippen molar-refractivity contribution in [1.29, 1.82) is 5.26 Å². The zero-order valence-corrected chi connectivity index (χ0v) is 14.4. The number of allylic oxidation sites excluding steroid dienone is 1. The van der Waals surface area contributed by atoms with Gasteiger partial charge in [-0.1, -0.05) is 29.5 Å².